The molecule has 9 aromatic heterocycles. The van der Waals surface area contributed by atoms with Gasteiger partial charge in [0, 0.05) is 27.8 Å². The van der Waals surface area contributed by atoms with Gasteiger partial charge in [-0.2, -0.15) is 30.8 Å². The van der Waals surface area contributed by atoms with Crippen LogP contribution in [0.15, 0.2) is 313 Å². The number of carbonyl (C=O) groups excluding carboxylic acids is 1. The maximum atomic E-state index is 12.4. The number of aryl methyl sites for hydroxylation is 1. The lowest BCUT2D eigenvalue weighted by molar-refractivity contribution is 0.108. The lowest BCUT2D eigenvalue weighted by Crippen LogP contribution is -2.10. The molecule has 0 spiro atoms. The van der Waals surface area contributed by atoms with Crippen LogP contribution in [0.2, 0.25) is 5.15 Å². The highest BCUT2D eigenvalue weighted by Gasteiger charge is 2.20. The van der Waals surface area contributed by atoms with Gasteiger partial charge in [-0.3, -0.25) is 14.2 Å². The molecule has 0 aliphatic carbocycles. The van der Waals surface area contributed by atoms with Gasteiger partial charge < -0.3 is 35.1 Å². The number of halogens is 9. The van der Waals surface area contributed by atoms with Gasteiger partial charge in [0.15, 0.2) is 40.1 Å². The van der Waals surface area contributed by atoms with Crippen molar-refractivity contribution in [2.45, 2.75) is 14.4 Å². The number of nitrogens with one attached hydrogen (secondary N) is 1. The van der Waals surface area contributed by atoms with Crippen LogP contribution >= 0.6 is 125 Å². The Morgan fingerprint density at radius 2 is 0.798 bits per heavy atom. The number of anilines is 1. The van der Waals surface area contributed by atoms with E-state index in [1.807, 2.05) is 225 Å². The standard InChI is InChI=1S/C18H13ClN4O.C18H14N4O2.C18H14N4O.C17H11BrN4O.C10H8N4.C8H7ClO2.CH4.BBr3.Cl3OP/c1-24-14-9-5-6-12(10-14)17-21-16(19)15-11-20-23(18(15)22-17)13-7-3-2-4-8-13;1-24-14-9-5-6-12(10-14)16-20-17-15(18(23)21-16)11-19-22(17)13-7-3-2-4-8-13;1-12-16-11-19-22(14-7-3-2-4-8-14)18(16)21-17(20-12)13-6-5-9-15(23)10-13;18-15-14-10-19-22(12-6-2-1-3-7-12)17(14)21-16(20-15)11-5-4-8-13(23)9-11;11-6-8-7-13-14(10(8)12)9-4-2-1-3-5-9;1-11-7-4-2-3-6(5-7)8(9)10;;2-1(3)4;1-5(2,3)4/h2-11H,1H3;2-11H,1H3,(H,20,21,23);2-11,23H,1H3;1-10,23H;1-5,7H,12H2;2-5H,1H3;1H4;;. The van der Waals surface area contributed by atoms with Crippen LogP contribution in [0, 0.1) is 18.3 Å². The predicted octanol–water partition coefficient (Wildman–Crippen LogP) is 23.4. The number of nitrogen functional groups attached to an aromatic ring is 1. The molecule has 0 aliphatic heterocycles. The number of phenols is 2. The number of aromatic nitrogens is 18. The number of hydrogen-bond donors (Lipinski definition) is 4. The van der Waals surface area contributed by atoms with Crippen LogP contribution in [0.25, 0.3) is 118 Å². The molecule has 0 unspecified atom stereocenters. The maximum absolute atomic E-state index is 12.4. The van der Waals surface area contributed by atoms with E-state index in [0.717, 1.165) is 78.6 Å². The van der Waals surface area contributed by atoms with Crippen molar-refractivity contribution in [3.8, 4) is 109 Å². The van der Waals surface area contributed by atoms with Crippen LogP contribution in [-0.2, 0) is 4.57 Å². The second-order valence-corrected chi connectivity index (χ2v) is 40.8. The average molecular weight is 2100 g/mol. The molecule has 19 rings (SSSR count). The molecule has 5 N–H and O–H groups in total. The number of nitrogens with zero attached hydrogens (tertiary/aromatic N) is 18. The number of benzene rings is 10. The Morgan fingerprint density at radius 3 is 1.22 bits per heavy atom. The first-order valence-corrected chi connectivity index (χ1v) is 46.3. The van der Waals surface area contributed by atoms with Crippen molar-refractivity contribution in [3.05, 3.63) is 341 Å². The molecule has 0 saturated heterocycles. The topological polar surface area (TPSA) is 364 Å². The number of ether oxygens (including phenoxy) is 3. The summed E-state index contributed by atoms with van der Waals surface area (Å²) >= 11 is 38.2. The number of nitriles is 1. The molecule has 19 aromatic rings. The van der Waals surface area contributed by atoms with E-state index in [4.69, 9.17) is 48.4 Å². The Kier molecular flexibility index (Phi) is 34.6. The van der Waals surface area contributed by atoms with Gasteiger partial charge in [0.2, 0.25) is 0 Å². The van der Waals surface area contributed by atoms with E-state index in [0.29, 0.717) is 89.2 Å². The molecule has 0 saturated carbocycles. The summed E-state index contributed by atoms with van der Waals surface area (Å²) in [6.07, 6.45) is 8.19. The Hall–Kier alpha value is -13.0. The van der Waals surface area contributed by atoms with E-state index in [1.54, 1.807) is 117 Å². The number of H-pyrrole nitrogens is 1. The molecule has 10 aromatic carbocycles. The predicted molar refractivity (Wildman–Crippen MR) is 525 cm³/mol. The third-order valence-corrected chi connectivity index (χ3v) is 19.0. The summed E-state index contributed by atoms with van der Waals surface area (Å²) in [7, 11) is 4.77. The lowest BCUT2D eigenvalue weighted by Gasteiger charge is -2.06. The monoisotopic (exact) mass is 2090 g/mol. The van der Waals surface area contributed by atoms with E-state index in [2.05, 4.69) is 162 Å². The van der Waals surface area contributed by atoms with Crippen molar-refractivity contribution in [2.24, 2.45) is 0 Å². The molecule has 0 atom stereocenters. The first kappa shape index (κ1) is 96.7. The van der Waals surface area contributed by atoms with E-state index in [1.165, 1.54) is 19.5 Å². The molecule has 650 valence electrons. The van der Waals surface area contributed by atoms with Crippen LogP contribution in [0.4, 0.5) is 5.82 Å². The first-order chi connectivity index (χ1) is 61.8. The van der Waals surface area contributed by atoms with E-state index < -0.39 is 10.4 Å². The lowest BCUT2D eigenvalue weighted by atomic mass is 10.2. The average Bonchev–Trinajstić information content (AvgIpc) is 1.70. The highest BCUT2D eigenvalue weighted by atomic mass is 79.9. The second kappa shape index (κ2) is 46.2. The first-order valence-electron chi connectivity index (χ1n) is 37.6. The summed E-state index contributed by atoms with van der Waals surface area (Å²) in [4.78, 5) is 57.8. The van der Waals surface area contributed by atoms with E-state index in [9.17, 15) is 24.4 Å². The van der Waals surface area contributed by atoms with Crippen LogP contribution in [-0.4, -0.2) is 129 Å². The molecule has 0 amide bonds. The molecule has 9 heterocycles. The number of aromatic hydroxyl groups is 2. The summed E-state index contributed by atoms with van der Waals surface area (Å²) in [6.45, 7) is 1.94. The molecule has 129 heavy (non-hydrogen) atoms. The van der Waals surface area contributed by atoms with E-state index >= 15 is 0 Å². The Bertz CT molecular complexity index is 7020. The van der Waals surface area contributed by atoms with Crippen molar-refractivity contribution in [3.63, 3.8) is 0 Å². The largest absolute Gasteiger partial charge is 0.508 e. The minimum Gasteiger partial charge on any atom is -0.508 e. The number of carbonyl (C=O) groups is 1. The van der Waals surface area contributed by atoms with Crippen molar-refractivity contribution in [1.82, 2.24) is 88.8 Å². The van der Waals surface area contributed by atoms with Gasteiger partial charge >= 0.3 is 8.38 Å². The van der Waals surface area contributed by atoms with Crippen molar-refractivity contribution >= 4 is 184 Å². The number of nitrogens with two attached hydrogens (primary N) is 1. The van der Waals surface area contributed by atoms with Gasteiger partial charge in [-0.05, 0) is 196 Å². The minimum atomic E-state index is -3.22. The highest BCUT2D eigenvalue weighted by molar-refractivity contribution is 9.69. The normalized spacial score (nSPS) is 10.5. The quantitative estimate of drug-likeness (QED) is 0.0360. The SMILES string of the molecule is BrB(Br)Br.C.COc1cccc(-c2nc(Cl)c3cnn(-c4ccccc4)c3n2)c1.COc1cccc(-c2nc3c(cnn3-c3ccccc3)c(=O)[nH]2)c1.COc1cccc(C(=O)Cl)c1.Cc1nc(-c2cccc(O)c2)nc2c1cnn2-c1ccccc1.N#Cc1cnn(-c2ccccc2)c1N.O=P(Cl)(Cl)Cl.Oc1cccc(-c2nc(Br)c3cnn(-c4ccccc4)c3n2)c1. The number of para-hydroxylation sites is 5. The number of fused-ring (bicyclic) bond motifs is 4. The zero-order valence-corrected chi connectivity index (χ0v) is 78.3. The summed E-state index contributed by atoms with van der Waals surface area (Å²) in [6, 6.07) is 86.0. The summed E-state index contributed by atoms with van der Waals surface area (Å²) in [5.41, 5.74) is 17.5. The second-order valence-electron chi connectivity index (χ2n) is 26.3. The smallest absolute Gasteiger partial charge is 0.369 e. The fourth-order valence-corrected chi connectivity index (χ4v) is 12.8. The number of rotatable bonds is 13. The molecular formula is C90H71BBr4Cl5N20O8P. The molecular weight excluding hydrogens is 2030 g/mol. The van der Waals surface area contributed by atoms with Crippen molar-refractivity contribution < 1.29 is 33.8 Å². The third kappa shape index (κ3) is 25.9. The molecule has 28 nitrogen and oxygen atoms in total. The van der Waals surface area contributed by atoms with Gasteiger partial charge in [-0.25, -0.2) is 58.3 Å². The third-order valence-electron chi connectivity index (χ3n) is 17.9. The molecule has 0 fully saturated rings. The Balaban J connectivity index is 0.000000149. The van der Waals surface area contributed by atoms with Gasteiger partial charge in [-0.15, -0.1) is 47.3 Å². The summed E-state index contributed by atoms with van der Waals surface area (Å²) in [5, 5.41) is 49.2. The maximum Gasteiger partial charge on any atom is 0.369 e. The minimum absolute atomic E-state index is 0. The number of hydrogen-bond acceptors (Lipinski definition) is 22. The van der Waals surface area contributed by atoms with Gasteiger partial charge in [-0.1, -0.05) is 165 Å². The molecule has 0 bridgehead atoms. The number of methoxy groups -OCH3 is 3. The molecule has 0 aliphatic rings. The molecule has 0 radical (unpaired) electrons. The van der Waals surface area contributed by atoms with Gasteiger partial charge in [0.05, 0.1) is 103 Å². The fourth-order valence-electron chi connectivity index (χ4n) is 12.1. The number of phenolic OH excluding ortho intramolecular Hbond substituents is 2. The van der Waals surface area contributed by atoms with Crippen LogP contribution in [0.5, 0.6) is 28.7 Å². The zero-order valence-electron chi connectivity index (χ0n) is 67.3. The Morgan fingerprint density at radius 1 is 0.457 bits per heavy atom. The van der Waals surface area contributed by atoms with Crippen molar-refractivity contribution in [2.75, 3.05) is 27.1 Å². The Labute approximate surface area is 795 Å². The van der Waals surface area contributed by atoms with Crippen LogP contribution in [0.3, 0.4) is 0 Å². The zero-order chi connectivity index (χ0) is 91.0. The van der Waals surface area contributed by atoms with Gasteiger partial charge in [0.1, 0.15) is 67.2 Å². The van der Waals surface area contributed by atoms with Crippen LogP contribution < -0.4 is 25.5 Å². The highest BCUT2D eigenvalue weighted by Crippen LogP contribution is 2.61. The van der Waals surface area contributed by atoms with Gasteiger partial charge in [0.25, 0.3) is 10.8 Å². The fraction of sp³-hybridized carbons (Fsp3) is 0.0556. The van der Waals surface area contributed by atoms with E-state index in [-0.39, 0.29) is 27.7 Å². The number of aromatic amines is 1. The van der Waals surface area contributed by atoms with Crippen LogP contribution in [0.1, 0.15) is 29.0 Å². The molecule has 39 heteroatoms. The van der Waals surface area contributed by atoms with Crippen molar-refractivity contribution in [1.29, 1.82) is 5.26 Å². The summed E-state index contributed by atoms with van der Waals surface area (Å²) in [5.74, 6) is 4.93. The summed E-state index contributed by atoms with van der Waals surface area (Å²) < 4.78 is 34.4.